The molecule has 1 aliphatic heterocycles. The first-order valence-corrected chi connectivity index (χ1v) is 15.7. The van der Waals surface area contributed by atoms with Crippen LogP contribution in [0.5, 0.6) is 5.75 Å². The van der Waals surface area contributed by atoms with E-state index in [9.17, 15) is 8.78 Å². The van der Waals surface area contributed by atoms with Crippen molar-refractivity contribution in [2.24, 2.45) is 11.8 Å². The molecule has 2 aromatic carbocycles. The third-order valence-electron chi connectivity index (χ3n) is 8.45. The molecule has 0 bridgehead atoms. The SMILES string of the molecule is CCC[SiH]1CCC(CCC2CCC(c3ccc(-c4ccc(OC)c(F)c4F)cc3)CC2)CC1. The quantitative estimate of drug-likeness (QED) is 0.350. The third kappa shape index (κ3) is 6.06. The minimum absolute atomic E-state index is 0.0596. The van der Waals surface area contributed by atoms with E-state index in [0.29, 0.717) is 11.5 Å². The highest BCUT2D eigenvalue weighted by Gasteiger charge is 2.25. The first-order chi connectivity index (χ1) is 16.1. The van der Waals surface area contributed by atoms with Crippen molar-refractivity contribution in [1.29, 1.82) is 0 Å². The van der Waals surface area contributed by atoms with E-state index in [-0.39, 0.29) is 20.1 Å². The van der Waals surface area contributed by atoms with Gasteiger partial charge in [-0.15, -0.1) is 0 Å². The van der Waals surface area contributed by atoms with E-state index >= 15 is 0 Å². The zero-order valence-electron chi connectivity index (χ0n) is 20.4. The lowest BCUT2D eigenvalue weighted by Gasteiger charge is -2.32. The van der Waals surface area contributed by atoms with E-state index in [1.807, 2.05) is 12.1 Å². The number of halogens is 2. The lowest BCUT2D eigenvalue weighted by Crippen LogP contribution is -2.22. The maximum atomic E-state index is 14.4. The van der Waals surface area contributed by atoms with E-state index in [4.69, 9.17) is 4.74 Å². The Kier molecular flexibility index (Phi) is 8.62. The van der Waals surface area contributed by atoms with Crippen molar-refractivity contribution in [3.8, 4) is 16.9 Å². The van der Waals surface area contributed by atoms with Gasteiger partial charge in [0, 0.05) is 14.4 Å². The monoisotopic (exact) mass is 470 g/mol. The summed E-state index contributed by atoms with van der Waals surface area (Å²) in [6.07, 6.45) is 12.5. The highest BCUT2D eigenvalue weighted by molar-refractivity contribution is 6.58. The molecule has 1 heterocycles. The molecule has 0 atom stereocenters. The molecular formula is C29H40F2OSi. The van der Waals surface area contributed by atoms with Crippen molar-refractivity contribution >= 4 is 8.80 Å². The highest BCUT2D eigenvalue weighted by atomic mass is 28.3. The molecule has 0 amide bonds. The summed E-state index contributed by atoms with van der Waals surface area (Å²) in [6.45, 7) is 2.35. The standard InChI is InChI=1S/C29H40F2OSi/c1-3-18-33-19-16-22(17-20-33)5-4-21-6-8-23(9-7-21)24-10-12-25(13-11-24)26-14-15-27(32-2)29(31)28(26)30/h10-15,21-23,33H,3-9,16-20H2,1-2H3. The van der Waals surface area contributed by atoms with Gasteiger partial charge in [0.2, 0.25) is 5.82 Å². The van der Waals surface area contributed by atoms with Crippen LogP contribution in [0.15, 0.2) is 36.4 Å². The van der Waals surface area contributed by atoms with Crippen molar-refractivity contribution in [2.45, 2.75) is 88.8 Å². The maximum Gasteiger partial charge on any atom is 0.201 e. The molecule has 1 nitrogen and oxygen atoms in total. The van der Waals surface area contributed by atoms with Crippen molar-refractivity contribution < 1.29 is 13.5 Å². The van der Waals surface area contributed by atoms with Crippen LogP contribution in [-0.4, -0.2) is 15.9 Å². The fourth-order valence-electron chi connectivity index (χ4n) is 6.32. The number of rotatable bonds is 8. The average Bonchev–Trinajstić information content (AvgIpc) is 2.86. The largest absolute Gasteiger partial charge is 0.494 e. The lowest BCUT2D eigenvalue weighted by atomic mass is 9.76. The molecule has 1 saturated heterocycles. The second kappa shape index (κ2) is 11.6. The molecular weight excluding hydrogens is 430 g/mol. The molecule has 0 spiro atoms. The van der Waals surface area contributed by atoms with Crippen LogP contribution in [0.3, 0.4) is 0 Å². The van der Waals surface area contributed by atoms with Gasteiger partial charge in [0.15, 0.2) is 11.6 Å². The second-order valence-corrected chi connectivity index (χ2v) is 14.0. The molecule has 1 aliphatic carbocycles. The van der Waals surface area contributed by atoms with Crippen molar-refractivity contribution in [2.75, 3.05) is 7.11 Å². The Morgan fingerprint density at radius 2 is 1.45 bits per heavy atom. The van der Waals surface area contributed by atoms with Crippen LogP contribution in [0.1, 0.15) is 76.2 Å². The van der Waals surface area contributed by atoms with Gasteiger partial charge in [0.05, 0.1) is 7.11 Å². The molecule has 0 aromatic heterocycles. The van der Waals surface area contributed by atoms with E-state index in [2.05, 4.69) is 19.1 Å². The topological polar surface area (TPSA) is 9.23 Å². The molecule has 4 heteroatoms. The predicted octanol–water partition coefficient (Wildman–Crippen LogP) is 8.74. The van der Waals surface area contributed by atoms with Gasteiger partial charge < -0.3 is 4.74 Å². The van der Waals surface area contributed by atoms with Crippen LogP contribution in [-0.2, 0) is 0 Å². The van der Waals surface area contributed by atoms with Crippen LogP contribution in [0.2, 0.25) is 18.1 Å². The van der Waals surface area contributed by atoms with Gasteiger partial charge in [-0.05, 0) is 66.7 Å². The number of hydrogen-bond acceptors (Lipinski definition) is 1. The first-order valence-electron chi connectivity index (χ1n) is 13.2. The summed E-state index contributed by atoms with van der Waals surface area (Å²) < 4.78 is 33.4. The molecule has 1 saturated carbocycles. The van der Waals surface area contributed by atoms with Gasteiger partial charge in [0.25, 0.3) is 0 Å². The van der Waals surface area contributed by atoms with Crippen LogP contribution in [0.4, 0.5) is 8.78 Å². The van der Waals surface area contributed by atoms with Crippen molar-refractivity contribution in [3.05, 3.63) is 53.6 Å². The number of ether oxygens (including phenoxy) is 1. The fraction of sp³-hybridized carbons (Fsp3) is 0.586. The van der Waals surface area contributed by atoms with Gasteiger partial charge in [0.1, 0.15) is 0 Å². The predicted molar refractivity (Wildman–Crippen MR) is 137 cm³/mol. The van der Waals surface area contributed by atoms with Crippen LogP contribution in [0.25, 0.3) is 11.1 Å². The van der Waals surface area contributed by atoms with Gasteiger partial charge in [-0.2, -0.15) is 4.39 Å². The average molecular weight is 471 g/mol. The van der Waals surface area contributed by atoms with E-state index in [1.165, 1.54) is 76.5 Å². The molecule has 0 N–H and O–H groups in total. The normalized spacial score (nSPS) is 25.7. The number of hydrogen-bond donors (Lipinski definition) is 0. The summed E-state index contributed by atoms with van der Waals surface area (Å²) in [6, 6.07) is 16.0. The Hall–Kier alpha value is -1.68. The number of benzene rings is 2. The van der Waals surface area contributed by atoms with Crippen LogP contribution >= 0.6 is 0 Å². The van der Waals surface area contributed by atoms with Crippen LogP contribution < -0.4 is 4.74 Å². The Morgan fingerprint density at radius 3 is 2.06 bits per heavy atom. The molecule has 0 unspecified atom stereocenters. The Balaban J connectivity index is 1.25. The van der Waals surface area contributed by atoms with Gasteiger partial charge in [-0.1, -0.05) is 81.4 Å². The Morgan fingerprint density at radius 1 is 0.818 bits per heavy atom. The van der Waals surface area contributed by atoms with E-state index < -0.39 is 11.6 Å². The molecule has 2 aliphatic rings. The minimum atomic E-state index is -0.923. The summed E-state index contributed by atoms with van der Waals surface area (Å²) in [4.78, 5) is 0. The van der Waals surface area contributed by atoms with Crippen LogP contribution in [0, 0.1) is 23.5 Å². The Bertz CT molecular complexity index is 881. The maximum absolute atomic E-state index is 14.4. The van der Waals surface area contributed by atoms with Gasteiger partial charge >= 0.3 is 0 Å². The molecule has 2 aromatic rings. The first kappa shape index (κ1) is 24.4. The molecule has 4 rings (SSSR count). The second-order valence-electron chi connectivity index (χ2n) is 10.5. The fourth-order valence-corrected chi connectivity index (χ4v) is 9.89. The van der Waals surface area contributed by atoms with Gasteiger partial charge in [-0.25, -0.2) is 4.39 Å². The summed E-state index contributed by atoms with van der Waals surface area (Å²) in [7, 11) is 1.00. The van der Waals surface area contributed by atoms with E-state index in [1.54, 1.807) is 24.2 Å². The number of methoxy groups -OCH3 is 1. The molecule has 0 radical (unpaired) electrons. The van der Waals surface area contributed by atoms with Crippen molar-refractivity contribution in [1.82, 2.24) is 0 Å². The summed E-state index contributed by atoms with van der Waals surface area (Å²) in [5, 5.41) is 0. The molecule has 2 fully saturated rings. The zero-order chi connectivity index (χ0) is 23.2. The summed E-state index contributed by atoms with van der Waals surface area (Å²) in [5.74, 6) is 0.692. The Labute approximate surface area is 200 Å². The zero-order valence-corrected chi connectivity index (χ0v) is 21.6. The molecule has 180 valence electrons. The highest BCUT2D eigenvalue weighted by Crippen LogP contribution is 2.40. The summed E-state index contributed by atoms with van der Waals surface area (Å²) >= 11 is 0. The van der Waals surface area contributed by atoms with Gasteiger partial charge in [-0.3, -0.25) is 0 Å². The lowest BCUT2D eigenvalue weighted by molar-refractivity contribution is 0.280. The smallest absolute Gasteiger partial charge is 0.201 e. The summed E-state index contributed by atoms with van der Waals surface area (Å²) in [5.41, 5.74) is 2.34. The minimum Gasteiger partial charge on any atom is -0.494 e. The van der Waals surface area contributed by atoms with E-state index in [0.717, 1.165) is 11.8 Å². The third-order valence-corrected chi connectivity index (χ3v) is 12.1. The van der Waals surface area contributed by atoms with Crippen molar-refractivity contribution in [3.63, 3.8) is 0 Å². The molecule has 33 heavy (non-hydrogen) atoms.